The molecule has 0 bridgehead atoms. The Labute approximate surface area is 175 Å². The molecule has 2 aliphatic rings. The van der Waals surface area contributed by atoms with Gasteiger partial charge in [0.2, 0.25) is 5.91 Å². The van der Waals surface area contributed by atoms with Crippen molar-refractivity contribution >= 4 is 23.3 Å². The SMILES string of the molecule is O=C(NCCC(=O)N1CCc2sccc2C1)NC1CCN(Cc2ccccc2)C1. The van der Waals surface area contributed by atoms with E-state index in [1.807, 2.05) is 11.0 Å². The van der Waals surface area contributed by atoms with E-state index in [0.717, 1.165) is 39.0 Å². The van der Waals surface area contributed by atoms with Gasteiger partial charge in [-0.3, -0.25) is 9.69 Å². The molecule has 1 fully saturated rings. The van der Waals surface area contributed by atoms with E-state index >= 15 is 0 Å². The van der Waals surface area contributed by atoms with Gasteiger partial charge in [-0.15, -0.1) is 11.3 Å². The molecular weight excluding hydrogens is 384 g/mol. The highest BCUT2D eigenvalue weighted by molar-refractivity contribution is 7.10. The van der Waals surface area contributed by atoms with Crippen molar-refractivity contribution in [2.24, 2.45) is 0 Å². The lowest BCUT2D eigenvalue weighted by Gasteiger charge is -2.27. The van der Waals surface area contributed by atoms with Crippen molar-refractivity contribution in [1.29, 1.82) is 0 Å². The molecule has 1 aromatic carbocycles. The second kappa shape index (κ2) is 9.41. The number of hydrogen-bond acceptors (Lipinski definition) is 4. The standard InChI is InChI=1S/C22H28N4O2S/c27-21(26-12-8-20-18(15-26)9-13-29-20)6-10-23-22(28)24-19-7-11-25(16-19)14-17-4-2-1-3-5-17/h1-5,9,13,19H,6-8,10-12,14-16H2,(H2,23,24,28). The van der Waals surface area contributed by atoms with Gasteiger partial charge in [-0.2, -0.15) is 0 Å². The first-order valence-corrected chi connectivity index (χ1v) is 11.2. The monoisotopic (exact) mass is 412 g/mol. The van der Waals surface area contributed by atoms with Crippen LogP contribution in [-0.4, -0.2) is 54.0 Å². The summed E-state index contributed by atoms with van der Waals surface area (Å²) < 4.78 is 0. The molecule has 0 spiro atoms. The maximum Gasteiger partial charge on any atom is 0.315 e. The highest BCUT2D eigenvalue weighted by Gasteiger charge is 2.24. The topological polar surface area (TPSA) is 64.7 Å². The van der Waals surface area contributed by atoms with Crippen molar-refractivity contribution in [3.63, 3.8) is 0 Å². The van der Waals surface area contributed by atoms with Crippen LogP contribution >= 0.6 is 11.3 Å². The Morgan fingerprint density at radius 1 is 1.14 bits per heavy atom. The Morgan fingerprint density at radius 3 is 2.86 bits per heavy atom. The van der Waals surface area contributed by atoms with Crippen molar-refractivity contribution in [3.05, 3.63) is 57.8 Å². The van der Waals surface area contributed by atoms with E-state index in [2.05, 4.69) is 51.2 Å². The lowest BCUT2D eigenvalue weighted by molar-refractivity contribution is -0.131. The quantitative estimate of drug-likeness (QED) is 0.767. The Hall–Kier alpha value is -2.38. The van der Waals surface area contributed by atoms with Gasteiger partial charge in [0.15, 0.2) is 0 Å². The van der Waals surface area contributed by atoms with Crippen LogP contribution in [0.3, 0.4) is 0 Å². The van der Waals surface area contributed by atoms with E-state index in [0.29, 0.717) is 19.5 Å². The Morgan fingerprint density at radius 2 is 2.00 bits per heavy atom. The highest BCUT2D eigenvalue weighted by Crippen LogP contribution is 2.24. The number of carbonyl (C=O) groups is 2. The zero-order valence-corrected chi connectivity index (χ0v) is 17.4. The zero-order chi connectivity index (χ0) is 20.1. The van der Waals surface area contributed by atoms with Crippen LogP contribution in [0.1, 0.15) is 28.8 Å². The Balaban J connectivity index is 1.13. The van der Waals surface area contributed by atoms with Crippen LogP contribution in [0.2, 0.25) is 0 Å². The summed E-state index contributed by atoms with van der Waals surface area (Å²) in [5, 5.41) is 7.98. The summed E-state index contributed by atoms with van der Waals surface area (Å²) >= 11 is 1.77. The van der Waals surface area contributed by atoms with Gasteiger partial charge < -0.3 is 15.5 Å². The molecule has 3 amide bonds. The van der Waals surface area contributed by atoms with E-state index in [-0.39, 0.29) is 18.0 Å². The van der Waals surface area contributed by atoms with Crippen molar-refractivity contribution in [1.82, 2.24) is 20.4 Å². The summed E-state index contributed by atoms with van der Waals surface area (Å²) in [6, 6.07) is 12.5. The number of likely N-dealkylation sites (tertiary alicyclic amines) is 1. The molecule has 1 aromatic heterocycles. The Bertz CT molecular complexity index is 838. The first-order valence-electron chi connectivity index (χ1n) is 10.3. The molecule has 1 unspecified atom stereocenters. The zero-order valence-electron chi connectivity index (χ0n) is 16.6. The molecule has 6 nitrogen and oxygen atoms in total. The minimum atomic E-state index is -0.178. The van der Waals surface area contributed by atoms with Crippen LogP contribution < -0.4 is 10.6 Å². The van der Waals surface area contributed by atoms with E-state index in [1.54, 1.807) is 11.3 Å². The number of fused-ring (bicyclic) bond motifs is 1. The normalized spacial score (nSPS) is 19.0. The fourth-order valence-corrected chi connectivity index (χ4v) is 4.96. The number of urea groups is 1. The number of hydrogen-bond donors (Lipinski definition) is 2. The van der Waals surface area contributed by atoms with Gasteiger partial charge in [0.25, 0.3) is 0 Å². The fourth-order valence-electron chi connectivity index (χ4n) is 4.07. The smallest absolute Gasteiger partial charge is 0.315 e. The molecule has 154 valence electrons. The number of nitrogens with one attached hydrogen (secondary N) is 2. The molecule has 0 radical (unpaired) electrons. The van der Waals surface area contributed by atoms with Crippen LogP contribution in [0.5, 0.6) is 0 Å². The number of nitrogens with zero attached hydrogens (tertiary/aromatic N) is 2. The minimum absolute atomic E-state index is 0.108. The second-order valence-electron chi connectivity index (χ2n) is 7.79. The third-order valence-corrected chi connectivity index (χ3v) is 6.66. The van der Waals surface area contributed by atoms with Crippen LogP contribution in [-0.2, 0) is 24.3 Å². The maximum absolute atomic E-state index is 12.4. The molecule has 0 saturated carbocycles. The van der Waals surface area contributed by atoms with Gasteiger partial charge in [0.05, 0.1) is 0 Å². The lowest BCUT2D eigenvalue weighted by Crippen LogP contribution is -2.44. The second-order valence-corrected chi connectivity index (χ2v) is 8.79. The van der Waals surface area contributed by atoms with Gasteiger partial charge in [-0.05, 0) is 35.4 Å². The molecule has 1 saturated heterocycles. The molecule has 2 N–H and O–H groups in total. The van der Waals surface area contributed by atoms with Gasteiger partial charge in [-0.1, -0.05) is 30.3 Å². The van der Waals surface area contributed by atoms with Crippen LogP contribution in [0, 0.1) is 0 Å². The molecule has 2 aliphatic heterocycles. The summed E-state index contributed by atoms with van der Waals surface area (Å²) in [5.41, 5.74) is 2.56. The predicted molar refractivity (Wildman–Crippen MR) is 115 cm³/mol. The molecule has 2 aromatic rings. The minimum Gasteiger partial charge on any atom is -0.338 e. The highest BCUT2D eigenvalue weighted by atomic mass is 32.1. The first kappa shape index (κ1) is 19.9. The van der Waals surface area contributed by atoms with E-state index in [9.17, 15) is 9.59 Å². The summed E-state index contributed by atoms with van der Waals surface area (Å²) in [4.78, 5) is 30.3. The van der Waals surface area contributed by atoms with Crippen molar-refractivity contribution in [2.45, 2.75) is 38.4 Å². The number of carbonyl (C=O) groups excluding carboxylic acids is 2. The van der Waals surface area contributed by atoms with Crippen molar-refractivity contribution in [3.8, 4) is 0 Å². The van der Waals surface area contributed by atoms with Gasteiger partial charge in [0.1, 0.15) is 0 Å². The molecule has 0 aliphatic carbocycles. The summed E-state index contributed by atoms with van der Waals surface area (Å²) in [6.45, 7) is 4.60. The molecule has 1 atom stereocenters. The fraction of sp³-hybridized carbons (Fsp3) is 0.455. The van der Waals surface area contributed by atoms with Crippen LogP contribution in [0.15, 0.2) is 41.8 Å². The molecule has 7 heteroatoms. The van der Waals surface area contributed by atoms with Crippen molar-refractivity contribution < 1.29 is 9.59 Å². The summed E-state index contributed by atoms with van der Waals surface area (Å²) in [6.07, 6.45) is 2.24. The maximum atomic E-state index is 12.4. The number of amides is 3. The third kappa shape index (κ3) is 5.36. The number of rotatable bonds is 6. The number of benzene rings is 1. The van der Waals surface area contributed by atoms with E-state index < -0.39 is 0 Å². The average molecular weight is 413 g/mol. The predicted octanol–water partition coefficient (Wildman–Crippen LogP) is 2.60. The molecule has 4 rings (SSSR count). The van der Waals surface area contributed by atoms with E-state index in [1.165, 1.54) is 16.0 Å². The van der Waals surface area contributed by atoms with Crippen LogP contribution in [0.4, 0.5) is 4.79 Å². The third-order valence-electron chi connectivity index (χ3n) is 5.64. The lowest BCUT2D eigenvalue weighted by atomic mass is 10.1. The average Bonchev–Trinajstić information content (AvgIpc) is 3.37. The van der Waals surface area contributed by atoms with Gasteiger partial charge in [-0.25, -0.2) is 4.79 Å². The largest absolute Gasteiger partial charge is 0.338 e. The molecule has 29 heavy (non-hydrogen) atoms. The van der Waals surface area contributed by atoms with E-state index in [4.69, 9.17) is 0 Å². The van der Waals surface area contributed by atoms with Gasteiger partial charge >= 0.3 is 6.03 Å². The molecular formula is C22H28N4O2S. The van der Waals surface area contributed by atoms with Crippen LogP contribution in [0.25, 0.3) is 0 Å². The summed E-state index contributed by atoms with van der Waals surface area (Å²) in [7, 11) is 0. The Kier molecular flexibility index (Phi) is 6.46. The summed E-state index contributed by atoms with van der Waals surface area (Å²) in [5.74, 6) is 0.108. The van der Waals surface area contributed by atoms with Crippen molar-refractivity contribution in [2.75, 3.05) is 26.2 Å². The van der Waals surface area contributed by atoms with Gasteiger partial charge in [0, 0.05) is 56.6 Å². The molecule has 3 heterocycles. The first-order chi connectivity index (χ1) is 14.2. The number of thiophene rings is 1.